The summed E-state index contributed by atoms with van der Waals surface area (Å²) in [7, 11) is 0. The summed E-state index contributed by atoms with van der Waals surface area (Å²) >= 11 is 0. The van der Waals surface area contributed by atoms with Gasteiger partial charge in [0.2, 0.25) is 5.91 Å². The molecule has 1 heterocycles. The van der Waals surface area contributed by atoms with Crippen LogP contribution in [0.2, 0.25) is 0 Å². The van der Waals surface area contributed by atoms with Crippen molar-refractivity contribution < 1.29 is 4.79 Å². The Balaban J connectivity index is 2.43. The number of hydrogen-bond acceptors (Lipinski definition) is 3. The van der Waals surface area contributed by atoms with Gasteiger partial charge in [0.15, 0.2) is 0 Å². The van der Waals surface area contributed by atoms with Crippen LogP contribution in [0.4, 0.5) is 0 Å². The average Bonchev–Trinajstić information content (AvgIpc) is 2.77. The second-order valence-corrected chi connectivity index (χ2v) is 3.21. The summed E-state index contributed by atoms with van der Waals surface area (Å²) in [6, 6.07) is 8.69. The molecule has 0 unspecified atom stereocenters. The van der Waals surface area contributed by atoms with Crippen molar-refractivity contribution in [2.75, 3.05) is 0 Å². The van der Waals surface area contributed by atoms with Crippen LogP contribution >= 0.6 is 0 Å². The van der Waals surface area contributed by atoms with E-state index in [1.807, 2.05) is 6.07 Å². The quantitative estimate of drug-likeness (QED) is 0.778. The molecule has 1 amide bonds. The van der Waals surface area contributed by atoms with E-state index in [1.54, 1.807) is 30.5 Å². The summed E-state index contributed by atoms with van der Waals surface area (Å²) in [5.41, 5.74) is 7.48. The van der Waals surface area contributed by atoms with Gasteiger partial charge < -0.3 is 5.73 Å². The van der Waals surface area contributed by atoms with Crippen LogP contribution in [0.1, 0.15) is 16.1 Å². The first-order valence-corrected chi connectivity index (χ1v) is 4.56. The molecule has 1 aromatic heterocycles. The monoisotopic (exact) mass is 212 g/mol. The fourth-order valence-electron chi connectivity index (χ4n) is 1.40. The molecule has 0 atom stereocenters. The van der Waals surface area contributed by atoms with Gasteiger partial charge in [0, 0.05) is 11.1 Å². The van der Waals surface area contributed by atoms with Crippen LogP contribution in [-0.4, -0.2) is 16.1 Å². The van der Waals surface area contributed by atoms with Gasteiger partial charge in [0.25, 0.3) is 0 Å². The molecule has 0 spiro atoms. The zero-order valence-corrected chi connectivity index (χ0v) is 8.27. The minimum Gasteiger partial charge on any atom is -0.366 e. The molecule has 5 heteroatoms. The second-order valence-electron chi connectivity index (χ2n) is 3.21. The molecule has 78 valence electrons. The molecule has 0 aliphatic heterocycles. The van der Waals surface area contributed by atoms with E-state index in [-0.39, 0.29) is 0 Å². The number of rotatable bonds is 2. The van der Waals surface area contributed by atoms with Crippen LogP contribution in [0, 0.1) is 11.3 Å². The summed E-state index contributed by atoms with van der Waals surface area (Å²) in [6.07, 6.45) is 1.57. The van der Waals surface area contributed by atoms with Gasteiger partial charge in [0.05, 0.1) is 6.20 Å². The third kappa shape index (κ3) is 1.64. The lowest BCUT2D eigenvalue weighted by Crippen LogP contribution is -2.10. The number of carbonyl (C=O) groups is 1. The van der Waals surface area contributed by atoms with Crippen molar-refractivity contribution >= 4 is 5.91 Å². The number of nitrogens with zero attached hydrogens (tertiary/aromatic N) is 2. The van der Waals surface area contributed by atoms with Gasteiger partial charge in [-0.15, -0.1) is 0 Å². The molecule has 0 aliphatic carbocycles. The van der Waals surface area contributed by atoms with E-state index in [4.69, 9.17) is 11.0 Å². The van der Waals surface area contributed by atoms with Gasteiger partial charge in [-0.2, -0.15) is 10.4 Å². The number of nitrogens with one attached hydrogen (secondary N) is 1. The van der Waals surface area contributed by atoms with E-state index in [9.17, 15) is 4.79 Å². The molecule has 16 heavy (non-hydrogen) atoms. The smallest absolute Gasteiger partial charge is 0.248 e. The number of aromatic amines is 1. The first-order chi connectivity index (χ1) is 7.72. The molecule has 0 saturated carbocycles. The fraction of sp³-hybridized carbons (Fsp3) is 0. The Hall–Kier alpha value is -2.61. The number of primary amides is 1. The molecule has 2 aromatic rings. The number of nitrogens with two attached hydrogens (primary N) is 1. The van der Waals surface area contributed by atoms with Gasteiger partial charge >= 0.3 is 0 Å². The van der Waals surface area contributed by atoms with Crippen LogP contribution in [0.5, 0.6) is 0 Å². The number of aromatic nitrogens is 2. The first kappa shape index (κ1) is 9.93. The highest BCUT2D eigenvalue weighted by atomic mass is 16.1. The van der Waals surface area contributed by atoms with E-state index in [0.29, 0.717) is 16.8 Å². The summed E-state index contributed by atoms with van der Waals surface area (Å²) in [5.74, 6) is -0.473. The molecule has 3 N–H and O–H groups in total. The Kier molecular flexibility index (Phi) is 2.40. The van der Waals surface area contributed by atoms with Crippen LogP contribution in [0.25, 0.3) is 11.1 Å². The molecule has 0 aliphatic rings. The zero-order chi connectivity index (χ0) is 11.5. The molecule has 0 saturated heterocycles. The van der Waals surface area contributed by atoms with E-state index in [0.717, 1.165) is 5.56 Å². The normalized spacial score (nSPS) is 9.69. The summed E-state index contributed by atoms with van der Waals surface area (Å²) in [4.78, 5) is 10.9. The third-order valence-electron chi connectivity index (χ3n) is 2.23. The fourth-order valence-corrected chi connectivity index (χ4v) is 1.40. The molecule has 0 radical (unpaired) electrons. The number of nitriles is 1. The maximum atomic E-state index is 10.9. The third-order valence-corrected chi connectivity index (χ3v) is 2.23. The molecular weight excluding hydrogens is 204 g/mol. The summed E-state index contributed by atoms with van der Waals surface area (Å²) in [6.45, 7) is 0. The van der Waals surface area contributed by atoms with Crippen molar-refractivity contribution in [3.8, 4) is 17.2 Å². The highest BCUT2D eigenvalue weighted by Gasteiger charge is 2.07. The number of H-pyrrole nitrogens is 1. The average molecular weight is 212 g/mol. The molecule has 0 bridgehead atoms. The standard InChI is InChI=1S/C11H8N4O/c12-5-10-9(6-14-15-10)7-1-3-8(4-2-7)11(13)16/h1-4,6H,(H2,13,16)(H,14,15). The van der Waals surface area contributed by atoms with E-state index in [2.05, 4.69) is 10.2 Å². The molecular formula is C11H8N4O. The maximum absolute atomic E-state index is 10.9. The van der Waals surface area contributed by atoms with Crippen LogP contribution < -0.4 is 5.73 Å². The van der Waals surface area contributed by atoms with Crippen LogP contribution in [0.3, 0.4) is 0 Å². The lowest BCUT2D eigenvalue weighted by molar-refractivity contribution is 0.100. The second kappa shape index (κ2) is 3.87. The Bertz CT molecular complexity index is 562. The highest BCUT2D eigenvalue weighted by molar-refractivity contribution is 5.93. The maximum Gasteiger partial charge on any atom is 0.248 e. The van der Waals surface area contributed by atoms with E-state index in [1.165, 1.54) is 0 Å². The molecule has 5 nitrogen and oxygen atoms in total. The Morgan fingerprint density at radius 2 is 2.06 bits per heavy atom. The lowest BCUT2D eigenvalue weighted by Gasteiger charge is -1.99. The van der Waals surface area contributed by atoms with Crippen molar-refractivity contribution in [2.45, 2.75) is 0 Å². The minimum absolute atomic E-state index is 0.395. The van der Waals surface area contributed by atoms with Gasteiger partial charge in [-0.05, 0) is 17.7 Å². The predicted octanol–water partition coefficient (Wildman–Crippen LogP) is 1.05. The van der Waals surface area contributed by atoms with Gasteiger partial charge in [-0.1, -0.05) is 12.1 Å². The molecule has 1 aromatic carbocycles. The molecule has 0 fully saturated rings. The Labute approximate surface area is 91.5 Å². The van der Waals surface area contributed by atoms with Crippen LogP contribution in [0.15, 0.2) is 30.5 Å². The van der Waals surface area contributed by atoms with Crippen molar-refractivity contribution in [3.05, 3.63) is 41.7 Å². The predicted molar refractivity (Wildman–Crippen MR) is 57.3 cm³/mol. The largest absolute Gasteiger partial charge is 0.366 e. The number of hydrogen-bond donors (Lipinski definition) is 2. The van der Waals surface area contributed by atoms with E-state index < -0.39 is 5.91 Å². The van der Waals surface area contributed by atoms with Crippen molar-refractivity contribution in [3.63, 3.8) is 0 Å². The van der Waals surface area contributed by atoms with Crippen molar-refractivity contribution in [2.24, 2.45) is 5.73 Å². The number of amides is 1. The topological polar surface area (TPSA) is 95.6 Å². The molecule has 2 rings (SSSR count). The van der Waals surface area contributed by atoms with Crippen molar-refractivity contribution in [1.29, 1.82) is 5.26 Å². The van der Waals surface area contributed by atoms with Gasteiger partial charge in [-0.3, -0.25) is 9.89 Å². The summed E-state index contributed by atoms with van der Waals surface area (Å²) < 4.78 is 0. The van der Waals surface area contributed by atoms with Gasteiger partial charge in [0.1, 0.15) is 11.8 Å². The highest BCUT2D eigenvalue weighted by Crippen LogP contribution is 2.21. The van der Waals surface area contributed by atoms with Gasteiger partial charge in [-0.25, -0.2) is 0 Å². The number of carbonyl (C=O) groups excluding carboxylic acids is 1. The Morgan fingerprint density at radius 3 is 2.62 bits per heavy atom. The number of benzene rings is 1. The van der Waals surface area contributed by atoms with Crippen molar-refractivity contribution in [1.82, 2.24) is 10.2 Å². The lowest BCUT2D eigenvalue weighted by atomic mass is 10.0. The summed E-state index contributed by atoms with van der Waals surface area (Å²) in [5, 5.41) is 15.2. The Morgan fingerprint density at radius 1 is 1.38 bits per heavy atom. The van der Waals surface area contributed by atoms with E-state index >= 15 is 0 Å². The first-order valence-electron chi connectivity index (χ1n) is 4.56. The van der Waals surface area contributed by atoms with Crippen LogP contribution in [-0.2, 0) is 0 Å². The SMILES string of the molecule is N#Cc1[nH]ncc1-c1ccc(C(N)=O)cc1. The zero-order valence-electron chi connectivity index (χ0n) is 8.27. The minimum atomic E-state index is -0.473.